The summed E-state index contributed by atoms with van der Waals surface area (Å²) in [6.07, 6.45) is 11.6. The smallest absolute Gasteiger partial charge is 0.225 e. The van der Waals surface area contributed by atoms with Crippen LogP contribution in [-0.2, 0) is 35.7 Å². The molecule has 0 spiro atoms. The number of hydrogen-bond donors (Lipinski definition) is 0. The minimum Gasteiger partial charge on any atom is -0.372 e. The van der Waals surface area contributed by atoms with Crippen molar-refractivity contribution in [3.8, 4) is 0 Å². The van der Waals surface area contributed by atoms with Gasteiger partial charge in [0.1, 0.15) is 0 Å². The van der Waals surface area contributed by atoms with Crippen molar-refractivity contribution < 1.29 is 9.53 Å². The fourth-order valence-corrected chi connectivity index (χ4v) is 3.55. The number of fused-ring (bicyclic) bond motifs is 1. The SMILES string of the molecule is O=C(C1CCC1)N1CCc2c(COCc3ccncc3)cncc2C1. The molecule has 0 saturated heterocycles. The van der Waals surface area contributed by atoms with Crippen molar-refractivity contribution >= 4 is 5.91 Å². The maximum absolute atomic E-state index is 12.5. The first-order valence-corrected chi connectivity index (χ1v) is 9.01. The van der Waals surface area contributed by atoms with Gasteiger partial charge >= 0.3 is 0 Å². The van der Waals surface area contributed by atoms with Crippen LogP contribution in [0.25, 0.3) is 0 Å². The van der Waals surface area contributed by atoms with E-state index in [1.165, 1.54) is 17.5 Å². The van der Waals surface area contributed by atoms with Gasteiger partial charge in [-0.3, -0.25) is 14.8 Å². The summed E-state index contributed by atoms with van der Waals surface area (Å²) in [6.45, 7) is 2.62. The second kappa shape index (κ2) is 7.31. The minimum absolute atomic E-state index is 0.265. The van der Waals surface area contributed by atoms with Gasteiger partial charge < -0.3 is 9.64 Å². The fraction of sp³-hybridized carbons (Fsp3) is 0.450. The molecule has 0 unspecified atom stereocenters. The third-order valence-electron chi connectivity index (χ3n) is 5.27. The first-order valence-electron chi connectivity index (χ1n) is 9.01. The Labute approximate surface area is 148 Å². The molecule has 1 aliphatic heterocycles. The van der Waals surface area contributed by atoms with Crippen molar-refractivity contribution in [1.82, 2.24) is 14.9 Å². The summed E-state index contributed by atoms with van der Waals surface area (Å²) in [5.74, 6) is 0.595. The quantitative estimate of drug-likeness (QED) is 0.842. The van der Waals surface area contributed by atoms with Crippen LogP contribution in [-0.4, -0.2) is 27.3 Å². The van der Waals surface area contributed by atoms with Crippen LogP contribution >= 0.6 is 0 Å². The monoisotopic (exact) mass is 337 g/mol. The molecule has 0 radical (unpaired) electrons. The van der Waals surface area contributed by atoms with E-state index in [9.17, 15) is 4.79 Å². The number of carbonyl (C=O) groups excluding carboxylic acids is 1. The van der Waals surface area contributed by atoms with Crippen LogP contribution in [0, 0.1) is 5.92 Å². The van der Waals surface area contributed by atoms with Gasteiger partial charge in [-0.25, -0.2) is 0 Å². The van der Waals surface area contributed by atoms with Crippen molar-refractivity contribution in [2.45, 2.75) is 45.4 Å². The first kappa shape index (κ1) is 16.2. The topological polar surface area (TPSA) is 55.3 Å². The molecule has 25 heavy (non-hydrogen) atoms. The van der Waals surface area contributed by atoms with Gasteiger partial charge in [0.2, 0.25) is 5.91 Å². The first-order chi connectivity index (χ1) is 12.3. The molecule has 3 heterocycles. The number of ether oxygens (including phenoxy) is 1. The van der Waals surface area contributed by atoms with E-state index in [-0.39, 0.29) is 5.92 Å². The largest absolute Gasteiger partial charge is 0.372 e. The highest BCUT2D eigenvalue weighted by atomic mass is 16.5. The lowest BCUT2D eigenvalue weighted by Crippen LogP contribution is -2.42. The van der Waals surface area contributed by atoms with Crippen molar-refractivity contribution in [3.63, 3.8) is 0 Å². The summed E-state index contributed by atoms with van der Waals surface area (Å²) in [6, 6.07) is 3.92. The molecule has 0 atom stereocenters. The Bertz CT molecular complexity index is 744. The molecule has 1 fully saturated rings. The predicted molar refractivity (Wildman–Crippen MR) is 93.4 cm³/mol. The predicted octanol–water partition coefficient (Wildman–Crippen LogP) is 2.88. The fourth-order valence-electron chi connectivity index (χ4n) is 3.55. The van der Waals surface area contributed by atoms with Crippen molar-refractivity contribution in [1.29, 1.82) is 0 Å². The molecule has 0 aromatic carbocycles. The molecular weight excluding hydrogens is 314 g/mol. The van der Waals surface area contributed by atoms with Crippen LogP contribution in [0.3, 0.4) is 0 Å². The Morgan fingerprint density at radius 3 is 2.76 bits per heavy atom. The molecule has 0 N–H and O–H groups in total. The number of pyridine rings is 2. The molecular formula is C20H23N3O2. The molecule has 1 amide bonds. The maximum atomic E-state index is 12.5. The van der Waals surface area contributed by atoms with E-state index >= 15 is 0 Å². The van der Waals surface area contributed by atoms with Crippen LogP contribution in [0.5, 0.6) is 0 Å². The van der Waals surface area contributed by atoms with Gasteiger partial charge in [0.15, 0.2) is 0 Å². The average Bonchev–Trinajstić information content (AvgIpc) is 2.61. The van der Waals surface area contributed by atoms with Gasteiger partial charge in [-0.15, -0.1) is 0 Å². The lowest BCUT2D eigenvalue weighted by molar-refractivity contribution is -0.139. The number of hydrogen-bond acceptors (Lipinski definition) is 4. The minimum atomic E-state index is 0.265. The van der Waals surface area contributed by atoms with Gasteiger partial charge in [-0.2, -0.15) is 0 Å². The van der Waals surface area contributed by atoms with Gasteiger partial charge in [0.25, 0.3) is 0 Å². The number of carbonyl (C=O) groups is 1. The highest BCUT2D eigenvalue weighted by Crippen LogP contribution is 2.31. The Morgan fingerprint density at radius 1 is 1.16 bits per heavy atom. The molecule has 1 aliphatic carbocycles. The lowest BCUT2D eigenvalue weighted by Gasteiger charge is -2.35. The third-order valence-corrected chi connectivity index (χ3v) is 5.27. The second-order valence-corrected chi connectivity index (χ2v) is 6.92. The Balaban J connectivity index is 1.39. The van der Waals surface area contributed by atoms with E-state index in [1.807, 2.05) is 29.4 Å². The molecule has 2 aliphatic rings. The molecule has 5 nitrogen and oxygen atoms in total. The van der Waals surface area contributed by atoms with E-state index in [1.54, 1.807) is 12.4 Å². The van der Waals surface area contributed by atoms with E-state index in [0.717, 1.165) is 36.9 Å². The van der Waals surface area contributed by atoms with E-state index in [4.69, 9.17) is 4.74 Å². The molecule has 5 heteroatoms. The van der Waals surface area contributed by atoms with Gasteiger partial charge in [-0.1, -0.05) is 6.42 Å². The van der Waals surface area contributed by atoms with Gasteiger partial charge in [-0.05, 0) is 53.6 Å². The van der Waals surface area contributed by atoms with Crippen LogP contribution in [0.15, 0.2) is 36.9 Å². The summed E-state index contributed by atoms with van der Waals surface area (Å²) >= 11 is 0. The third kappa shape index (κ3) is 3.56. The molecule has 4 rings (SSSR count). The number of rotatable bonds is 5. The number of nitrogens with zero attached hydrogens (tertiary/aromatic N) is 3. The molecule has 2 aromatic heterocycles. The van der Waals surface area contributed by atoms with E-state index < -0.39 is 0 Å². The maximum Gasteiger partial charge on any atom is 0.225 e. The number of amides is 1. The Kier molecular flexibility index (Phi) is 4.74. The Morgan fingerprint density at radius 2 is 2.00 bits per heavy atom. The molecule has 130 valence electrons. The van der Waals surface area contributed by atoms with Crippen molar-refractivity contribution in [2.75, 3.05) is 6.54 Å². The van der Waals surface area contributed by atoms with Crippen molar-refractivity contribution in [3.05, 3.63) is 59.2 Å². The van der Waals surface area contributed by atoms with Crippen LogP contribution in [0.2, 0.25) is 0 Å². The highest BCUT2D eigenvalue weighted by molar-refractivity contribution is 5.79. The second-order valence-electron chi connectivity index (χ2n) is 6.92. The van der Waals surface area contributed by atoms with Crippen molar-refractivity contribution in [2.24, 2.45) is 5.92 Å². The molecule has 0 bridgehead atoms. The van der Waals surface area contributed by atoms with Gasteiger partial charge in [0.05, 0.1) is 13.2 Å². The highest BCUT2D eigenvalue weighted by Gasteiger charge is 2.31. The lowest BCUT2D eigenvalue weighted by atomic mass is 9.83. The van der Waals surface area contributed by atoms with E-state index in [2.05, 4.69) is 9.97 Å². The summed E-state index contributed by atoms with van der Waals surface area (Å²) in [5.41, 5.74) is 4.73. The average molecular weight is 337 g/mol. The van der Waals surface area contributed by atoms with Crippen LogP contribution in [0.4, 0.5) is 0 Å². The summed E-state index contributed by atoms with van der Waals surface area (Å²) in [4.78, 5) is 22.9. The zero-order valence-corrected chi connectivity index (χ0v) is 14.4. The summed E-state index contributed by atoms with van der Waals surface area (Å²) in [5, 5.41) is 0. The zero-order chi connectivity index (χ0) is 17.1. The Hall–Kier alpha value is -2.27. The van der Waals surface area contributed by atoms with Crippen LogP contribution < -0.4 is 0 Å². The molecule has 2 aromatic rings. The van der Waals surface area contributed by atoms with Gasteiger partial charge in [0, 0.05) is 43.8 Å². The molecule has 1 saturated carbocycles. The normalized spacial score (nSPS) is 17.0. The zero-order valence-electron chi connectivity index (χ0n) is 14.4. The van der Waals surface area contributed by atoms with Crippen LogP contribution in [0.1, 0.15) is 41.5 Å². The summed E-state index contributed by atoms with van der Waals surface area (Å²) < 4.78 is 5.86. The number of aromatic nitrogens is 2. The van der Waals surface area contributed by atoms with E-state index in [0.29, 0.717) is 25.7 Å². The standard InChI is InChI=1S/C20H23N3O2/c24-20(16-2-1-3-16)23-9-6-19-17(12-23)10-22-11-18(19)14-25-13-15-4-7-21-8-5-15/h4-5,7-8,10-11,16H,1-3,6,9,12-14H2. The summed E-state index contributed by atoms with van der Waals surface area (Å²) in [7, 11) is 0.